The lowest BCUT2D eigenvalue weighted by molar-refractivity contribution is -0.140. The molecule has 0 radical (unpaired) electrons. The van der Waals surface area contributed by atoms with E-state index in [4.69, 9.17) is 9.84 Å². The zero-order chi connectivity index (χ0) is 21.3. The van der Waals surface area contributed by atoms with Gasteiger partial charge in [0.05, 0.1) is 6.61 Å². The van der Waals surface area contributed by atoms with Crippen LogP contribution in [0.5, 0.6) is 0 Å². The van der Waals surface area contributed by atoms with Crippen molar-refractivity contribution < 1.29 is 24.3 Å². The third kappa shape index (κ3) is 7.51. The predicted octanol–water partition coefficient (Wildman–Crippen LogP) is 3.65. The normalized spacial score (nSPS) is 24.3. The van der Waals surface area contributed by atoms with E-state index in [0.29, 0.717) is 18.4 Å². The first-order valence-corrected chi connectivity index (χ1v) is 10.3. The molecule has 0 bridgehead atoms. The number of ether oxygens (including phenoxy) is 1. The maximum absolute atomic E-state index is 12.5. The minimum absolute atomic E-state index is 0.0195. The second-order valence-electron chi connectivity index (χ2n) is 6.91. The quantitative estimate of drug-likeness (QED) is 0.281. The first kappa shape index (κ1) is 22.9. The molecule has 0 saturated carbocycles. The molecule has 0 heterocycles. The summed E-state index contributed by atoms with van der Waals surface area (Å²) < 4.78 is 5.27. The maximum atomic E-state index is 12.5. The number of aliphatic hydroxyl groups excluding tert-OH is 1. The van der Waals surface area contributed by atoms with Crippen LogP contribution in [0.3, 0.4) is 0 Å². The highest BCUT2D eigenvalue weighted by molar-refractivity contribution is 8.01. The van der Waals surface area contributed by atoms with Crippen molar-refractivity contribution in [3.8, 4) is 0 Å². The number of nitrogens with zero attached hydrogens (tertiary/aromatic N) is 1. The van der Waals surface area contributed by atoms with E-state index >= 15 is 0 Å². The van der Waals surface area contributed by atoms with Crippen molar-refractivity contribution in [2.45, 2.75) is 43.6 Å². The second-order valence-corrected chi connectivity index (χ2v) is 8.62. The molecule has 0 aromatic rings. The van der Waals surface area contributed by atoms with Crippen molar-refractivity contribution in [1.82, 2.24) is 0 Å². The zero-order valence-electron chi connectivity index (χ0n) is 17.0. The van der Waals surface area contributed by atoms with Gasteiger partial charge in [-0.3, -0.25) is 4.79 Å². The molecule has 0 amide bonds. The zero-order valence-corrected chi connectivity index (χ0v) is 17.8. The predicted molar refractivity (Wildman–Crippen MR) is 116 cm³/mol. The number of oxime groups is 1. The summed E-state index contributed by atoms with van der Waals surface area (Å²) in [7, 11) is 0. The minimum atomic E-state index is -0.556. The first-order valence-electron chi connectivity index (χ1n) is 9.45. The molecule has 2 aliphatic rings. The third-order valence-electron chi connectivity index (χ3n) is 4.27. The molecule has 156 valence electrons. The van der Waals surface area contributed by atoms with Gasteiger partial charge in [0, 0.05) is 22.5 Å². The van der Waals surface area contributed by atoms with Crippen LogP contribution in [0.1, 0.15) is 33.6 Å². The van der Waals surface area contributed by atoms with Crippen LogP contribution in [0.4, 0.5) is 0 Å². The Balaban J connectivity index is 2.02. The van der Waals surface area contributed by atoms with E-state index in [1.54, 1.807) is 18.7 Å². The Morgan fingerprint density at radius 3 is 2.86 bits per heavy atom. The van der Waals surface area contributed by atoms with Crippen LogP contribution in [0, 0.1) is 0 Å². The fourth-order valence-corrected chi connectivity index (χ4v) is 4.11. The summed E-state index contributed by atoms with van der Waals surface area (Å²) in [5, 5.41) is 12.6. The number of Topliss-reactive ketones (excluding diaryl/α,β-unsaturated/α-hetero) is 1. The van der Waals surface area contributed by atoms with Gasteiger partial charge in [-0.1, -0.05) is 41.6 Å². The molecule has 6 nitrogen and oxygen atoms in total. The summed E-state index contributed by atoms with van der Waals surface area (Å²) in [6.45, 7) is 5.17. The van der Waals surface area contributed by atoms with Crippen molar-refractivity contribution in [3.63, 3.8) is 0 Å². The van der Waals surface area contributed by atoms with Gasteiger partial charge >= 0.3 is 5.97 Å². The van der Waals surface area contributed by atoms with Gasteiger partial charge in [0.15, 0.2) is 0 Å². The van der Waals surface area contributed by atoms with Gasteiger partial charge in [-0.15, -0.1) is 11.8 Å². The van der Waals surface area contributed by atoms with Crippen LogP contribution in [0.2, 0.25) is 0 Å². The molecule has 0 saturated heterocycles. The highest BCUT2D eigenvalue weighted by Gasteiger charge is 2.27. The molecule has 29 heavy (non-hydrogen) atoms. The Labute approximate surface area is 175 Å². The van der Waals surface area contributed by atoms with E-state index in [0.717, 1.165) is 5.76 Å². The van der Waals surface area contributed by atoms with Crippen LogP contribution < -0.4 is 0 Å². The summed E-state index contributed by atoms with van der Waals surface area (Å²) in [5.41, 5.74) is 0.805. The smallest absolute Gasteiger partial charge is 0.331 e. The van der Waals surface area contributed by atoms with E-state index in [-0.39, 0.29) is 34.7 Å². The monoisotopic (exact) mass is 417 g/mol. The Hall–Kier alpha value is -2.38. The highest BCUT2D eigenvalue weighted by Crippen LogP contribution is 2.38. The molecule has 0 fully saturated rings. The number of thioether (sulfide) groups is 1. The number of hydrogen-bond donors (Lipinski definition) is 1. The van der Waals surface area contributed by atoms with Gasteiger partial charge in [0.2, 0.25) is 5.78 Å². The topological polar surface area (TPSA) is 85.2 Å². The van der Waals surface area contributed by atoms with Crippen molar-refractivity contribution in [3.05, 3.63) is 59.9 Å². The molecule has 0 spiro atoms. The lowest BCUT2D eigenvalue weighted by Gasteiger charge is -2.26. The van der Waals surface area contributed by atoms with Crippen molar-refractivity contribution in [1.29, 1.82) is 0 Å². The van der Waals surface area contributed by atoms with E-state index < -0.39 is 5.97 Å². The number of carbonyl (C=O) groups excluding carboxylic acids is 2. The van der Waals surface area contributed by atoms with Gasteiger partial charge in [-0.2, -0.15) is 0 Å². The summed E-state index contributed by atoms with van der Waals surface area (Å²) in [6, 6.07) is 0. The van der Waals surface area contributed by atoms with Crippen LogP contribution >= 0.6 is 11.8 Å². The molecule has 2 rings (SSSR count). The first-order chi connectivity index (χ1) is 13.8. The molecule has 0 aromatic heterocycles. The van der Waals surface area contributed by atoms with Gasteiger partial charge < -0.3 is 14.7 Å². The maximum Gasteiger partial charge on any atom is 0.331 e. The number of rotatable bonds is 8. The van der Waals surface area contributed by atoms with Crippen molar-refractivity contribution in [2.75, 3.05) is 13.2 Å². The fraction of sp³-hybridized carbons (Fsp3) is 0.409. The molecule has 2 atom stereocenters. The Kier molecular flexibility index (Phi) is 8.67. The van der Waals surface area contributed by atoms with E-state index in [9.17, 15) is 9.59 Å². The molecular weight excluding hydrogens is 390 g/mol. The molecule has 1 N–H and O–H groups in total. The van der Waals surface area contributed by atoms with Gasteiger partial charge in [0.1, 0.15) is 18.1 Å². The second kappa shape index (κ2) is 11.0. The Morgan fingerprint density at radius 1 is 1.34 bits per heavy atom. The summed E-state index contributed by atoms with van der Waals surface area (Å²) in [4.78, 5) is 28.0. The summed E-state index contributed by atoms with van der Waals surface area (Å²) in [6.07, 6.45) is 17.2. The lowest BCUT2D eigenvalue weighted by atomic mass is 10.0. The van der Waals surface area contributed by atoms with Crippen LogP contribution in [-0.2, 0) is 19.2 Å². The summed E-state index contributed by atoms with van der Waals surface area (Å²) in [5.74, 6) is -0.0515. The number of aliphatic hydroxyl groups is 1. The molecule has 2 unspecified atom stereocenters. The number of ketones is 1. The fourth-order valence-electron chi connectivity index (χ4n) is 2.81. The average Bonchev–Trinajstić information content (AvgIpc) is 3.02. The Bertz CT molecular complexity index is 806. The van der Waals surface area contributed by atoms with Crippen molar-refractivity contribution >= 4 is 29.2 Å². The molecule has 2 aliphatic carbocycles. The third-order valence-corrected chi connectivity index (χ3v) is 5.70. The largest absolute Gasteiger partial charge is 0.491 e. The van der Waals surface area contributed by atoms with E-state index in [1.165, 1.54) is 6.92 Å². The van der Waals surface area contributed by atoms with Crippen LogP contribution in [-0.4, -0.2) is 45.8 Å². The van der Waals surface area contributed by atoms with Crippen molar-refractivity contribution in [2.24, 2.45) is 5.16 Å². The minimum Gasteiger partial charge on any atom is -0.491 e. The Morgan fingerprint density at radius 2 is 2.14 bits per heavy atom. The molecule has 0 aliphatic heterocycles. The summed E-state index contributed by atoms with van der Waals surface area (Å²) >= 11 is 1.78. The average molecular weight is 418 g/mol. The van der Waals surface area contributed by atoms with Crippen LogP contribution in [0.15, 0.2) is 65.1 Å². The number of carbonyl (C=O) groups is 2. The van der Waals surface area contributed by atoms with E-state index in [2.05, 4.69) is 35.1 Å². The number of allylic oxidation sites excluding steroid dienone is 6. The molecular formula is C22H27NO5S. The van der Waals surface area contributed by atoms with Gasteiger partial charge in [-0.25, -0.2) is 4.79 Å². The SMILES string of the molecule is CC(=O)O/N=C(\C)C(=O)C1=CCC(C)(SC2C=CC=C(OCCO)C=C2)C=CC1. The molecule has 7 heteroatoms. The van der Waals surface area contributed by atoms with Gasteiger partial charge in [-0.05, 0) is 38.8 Å². The highest BCUT2D eigenvalue weighted by atomic mass is 32.2. The van der Waals surface area contributed by atoms with Gasteiger partial charge in [0.25, 0.3) is 0 Å². The molecule has 0 aromatic carbocycles. The standard InChI is InChI=1S/C22H27NO5S/c1-16(23-28-17(2)25)21(26)18-6-5-12-22(3,13-11-18)29-20-8-4-7-19(9-10-20)27-15-14-24/h4-5,7-12,20,24H,6,13-15H2,1-3H3/b23-16+. The van der Waals surface area contributed by atoms with E-state index in [1.807, 2.05) is 30.4 Å². The van der Waals surface area contributed by atoms with Crippen LogP contribution in [0.25, 0.3) is 0 Å². The lowest BCUT2D eigenvalue weighted by Crippen LogP contribution is -2.19. The number of hydrogen-bond acceptors (Lipinski definition) is 7.